The van der Waals surface area contributed by atoms with Gasteiger partial charge in [-0.15, -0.1) is 0 Å². The number of nitrogens with one attached hydrogen (secondary N) is 2. The molecule has 3 unspecified atom stereocenters. The predicted molar refractivity (Wildman–Crippen MR) is 101 cm³/mol. The Morgan fingerprint density at radius 2 is 2.27 bits per heavy atom. The zero-order chi connectivity index (χ0) is 18.3. The number of hydrogen-bond acceptors (Lipinski definition) is 4. The molecule has 1 aromatic heterocycles. The average Bonchev–Trinajstić information content (AvgIpc) is 2.97. The van der Waals surface area contributed by atoms with Gasteiger partial charge in [0.05, 0.1) is 5.52 Å². The van der Waals surface area contributed by atoms with E-state index in [0.717, 1.165) is 43.4 Å². The van der Waals surface area contributed by atoms with Crippen molar-refractivity contribution in [1.29, 1.82) is 0 Å². The van der Waals surface area contributed by atoms with E-state index >= 15 is 0 Å². The molecular formula is C20H28N4O2. The summed E-state index contributed by atoms with van der Waals surface area (Å²) in [6.45, 7) is 6.91. The number of hydrogen-bond donors (Lipinski definition) is 2. The number of amides is 1. The molecule has 6 heteroatoms. The summed E-state index contributed by atoms with van der Waals surface area (Å²) in [6.07, 6.45) is 2.12. The maximum absolute atomic E-state index is 13.0. The average molecular weight is 356 g/mol. The van der Waals surface area contributed by atoms with Crippen LogP contribution in [-0.4, -0.2) is 48.5 Å². The molecule has 1 aromatic carbocycles. The number of ether oxygens (including phenoxy) is 1. The second-order valence-corrected chi connectivity index (χ2v) is 7.92. The van der Waals surface area contributed by atoms with Crippen LogP contribution in [0.3, 0.4) is 0 Å². The topological polar surface area (TPSA) is 68.2 Å². The van der Waals surface area contributed by atoms with Gasteiger partial charge in [0.15, 0.2) is 5.69 Å². The summed E-state index contributed by atoms with van der Waals surface area (Å²) in [6, 6.07) is 8.43. The van der Waals surface area contributed by atoms with Crippen molar-refractivity contribution in [2.45, 2.75) is 38.8 Å². The molecule has 0 radical (unpaired) electrons. The van der Waals surface area contributed by atoms with Crippen LogP contribution >= 0.6 is 0 Å². The minimum Gasteiger partial charge on any atom is -0.385 e. The number of fused-ring (bicyclic) bond motifs is 2. The molecule has 2 fully saturated rings. The van der Waals surface area contributed by atoms with Gasteiger partial charge in [-0.25, -0.2) is 0 Å². The molecule has 1 saturated heterocycles. The van der Waals surface area contributed by atoms with Gasteiger partial charge in [0.25, 0.3) is 5.91 Å². The first-order chi connectivity index (χ1) is 12.6. The normalized spacial score (nSPS) is 27.1. The van der Waals surface area contributed by atoms with Crippen LogP contribution in [0.1, 0.15) is 43.2 Å². The number of aromatic nitrogens is 2. The third-order valence-corrected chi connectivity index (χ3v) is 6.06. The summed E-state index contributed by atoms with van der Waals surface area (Å²) in [5.41, 5.74) is 1.75. The van der Waals surface area contributed by atoms with Gasteiger partial charge in [-0.1, -0.05) is 18.2 Å². The van der Waals surface area contributed by atoms with Crippen molar-refractivity contribution in [3.8, 4) is 0 Å². The Labute approximate surface area is 154 Å². The zero-order valence-electron chi connectivity index (χ0n) is 15.8. The Bertz CT molecular complexity index is 815. The van der Waals surface area contributed by atoms with Crippen LogP contribution in [0.2, 0.25) is 0 Å². The van der Waals surface area contributed by atoms with Gasteiger partial charge in [0.1, 0.15) is 0 Å². The molecule has 140 valence electrons. The first-order valence-corrected chi connectivity index (χ1v) is 9.56. The van der Waals surface area contributed by atoms with Crippen molar-refractivity contribution >= 4 is 16.8 Å². The van der Waals surface area contributed by atoms with E-state index in [-0.39, 0.29) is 23.4 Å². The molecule has 1 saturated carbocycles. The fraction of sp³-hybridized carbons (Fsp3) is 0.600. The van der Waals surface area contributed by atoms with Crippen molar-refractivity contribution in [2.24, 2.45) is 11.3 Å². The highest BCUT2D eigenvalue weighted by Gasteiger charge is 2.66. The van der Waals surface area contributed by atoms with Crippen LogP contribution in [0.25, 0.3) is 10.9 Å². The lowest BCUT2D eigenvalue weighted by Crippen LogP contribution is -2.36. The number of carbonyl (C=O) groups excluding carboxylic acids is 1. The van der Waals surface area contributed by atoms with Gasteiger partial charge in [-0.05, 0) is 32.8 Å². The van der Waals surface area contributed by atoms with E-state index in [1.807, 2.05) is 28.9 Å². The molecule has 0 bridgehead atoms. The van der Waals surface area contributed by atoms with Crippen molar-refractivity contribution in [2.75, 3.05) is 26.8 Å². The quantitative estimate of drug-likeness (QED) is 0.748. The predicted octanol–water partition coefficient (Wildman–Crippen LogP) is 2.36. The number of rotatable bonds is 7. The van der Waals surface area contributed by atoms with E-state index in [0.29, 0.717) is 11.6 Å². The molecule has 2 heterocycles. The van der Waals surface area contributed by atoms with E-state index in [9.17, 15) is 4.79 Å². The Hall–Kier alpha value is -1.92. The second-order valence-electron chi connectivity index (χ2n) is 7.92. The Morgan fingerprint density at radius 1 is 1.46 bits per heavy atom. The van der Waals surface area contributed by atoms with Gasteiger partial charge >= 0.3 is 0 Å². The van der Waals surface area contributed by atoms with Gasteiger partial charge in [0, 0.05) is 55.6 Å². The molecule has 6 nitrogen and oxygen atoms in total. The summed E-state index contributed by atoms with van der Waals surface area (Å²) in [5.74, 6) is 0.480. The Morgan fingerprint density at radius 3 is 3.04 bits per heavy atom. The van der Waals surface area contributed by atoms with Gasteiger partial charge in [0.2, 0.25) is 0 Å². The lowest BCUT2D eigenvalue weighted by Gasteiger charge is -2.15. The van der Waals surface area contributed by atoms with E-state index in [2.05, 4.69) is 29.6 Å². The number of para-hydroxylation sites is 1. The number of piperidine rings is 1. The monoisotopic (exact) mass is 356 g/mol. The smallest absolute Gasteiger partial charge is 0.272 e. The van der Waals surface area contributed by atoms with Crippen molar-refractivity contribution in [3.05, 3.63) is 30.0 Å². The standard InChI is InChI=1S/C20H28N4O2/c1-13(2)24-16-8-5-4-7-14(16)17(23-24)19(25)22-18-15-11-21-12-20(15,18)9-6-10-26-3/h4-5,7-8,13,15,18,21H,6,9-12H2,1-3H3,(H,22,25). The molecule has 1 aliphatic heterocycles. The number of carbonyl (C=O) groups is 1. The van der Waals surface area contributed by atoms with E-state index in [4.69, 9.17) is 4.74 Å². The molecule has 2 aliphatic rings. The number of benzene rings is 1. The van der Waals surface area contributed by atoms with Crippen LogP contribution in [0.5, 0.6) is 0 Å². The first-order valence-electron chi connectivity index (χ1n) is 9.56. The molecule has 0 spiro atoms. The highest BCUT2D eigenvalue weighted by Crippen LogP contribution is 2.58. The minimum absolute atomic E-state index is 0.0499. The van der Waals surface area contributed by atoms with E-state index < -0.39 is 0 Å². The van der Waals surface area contributed by atoms with Crippen LogP contribution < -0.4 is 10.6 Å². The summed E-state index contributed by atoms with van der Waals surface area (Å²) in [5, 5.41) is 12.3. The first kappa shape index (κ1) is 17.5. The van der Waals surface area contributed by atoms with E-state index in [1.54, 1.807) is 7.11 Å². The summed E-state index contributed by atoms with van der Waals surface area (Å²) < 4.78 is 7.14. The fourth-order valence-corrected chi connectivity index (χ4v) is 4.68. The molecule has 2 N–H and O–H groups in total. The van der Waals surface area contributed by atoms with Gasteiger partial charge < -0.3 is 15.4 Å². The maximum Gasteiger partial charge on any atom is 0.272 e. The Balaban J connectivity index is 1.54. The van der Waals surface area contributed by atoms with Crippen LogP contribution in [0.4, 0.5) is 0 Å². The fourth-order valence-electron chi connectivity index (χ4n) is 4.68. The van der Waals surface area contributed by atoms with Crippen molar-refractivity contribution in [1.82, 2.24) is 20.4 Å². The molecule has 4 rings (SSSR count). The molecule has 2 aromatic rings. The van der Waals surface area contributed by atoms with Gasteiger partial charge in [-0.2, -0.15) is 5.10 Å². The third kappa shape index (κ3) is 2.72. The number of nitrogens with zero attached hydrogens (tertiary/aromatic N) is 2. The lowest BCUT2D eigenvalue weighted by molar-refractivity contribution is 0.0937. The summed E-state index contributed by atoms with van der Waals surface area (Å²) in [7, 11) is 1.74. The number of methoxy groups -OCH3 is 1. The van der Waals surface area contributed by atoms with E-state index in [1.165, 1.54) is 0 Å². The Kier molecular flexibility index (Phi) is 4.49. The minimum atomic E-state index is -0.0499. The zero-order valence-corrected chi connectivity index (χ0v) is 15.8. The lowest BCUT2D eigenvalue weighted by atomic mass is 9.99. The third-order valence-electron chi connectivity index (χ3n) is 6.06. The highest BCUT2D eigenvalue weighted by molar-refractivity contribution is 6.05. The molecule has 3 atom stereocenters. The van der Waals surface area contributed by atoms with Crippen LogP contribution in [0, 0.1) is 11.3 Å². The van der Waals surface area contributed by atoms with Crippen LogP contribution in [0.15, 0.2) is 24.3 Å². The van der Waals surface area contributed by atoms with Gasteiger partial charge in [-0.3, -0.25) is 9.48 Å². The second kappa shape index (κ2) is 6.67. The highest BCUT2D eigenvalue weighted by atomic mass is 16.5. The summed E-state index contributed by atoms with van der Waals surface area (Å²) in [4.78, 5) is 13.0. The SMILES string of the molecule is COCCCC12CNCC1C2NC(=O)c1nn(C(C)C)c2ccccc12. The van der Waals surface area contributed by atoms with Crippen molar-refractivity contribution in [3.63, 3.8) is 0 Å². The largest absolute Gasteiger partial charge is 0.385 e. The maximum atomic E-state index is 13.0. The van der Waals surface area contributed by atoms with Crippen LogP contribution in [-0.2, 0) is 4.74 Å². The summed E-state index contributed by atoms with van der Waals surface area (Å²) >= 11 is 0. The molecular weight excluding hydrogens is 328 g/mol. The molecule has 1 aliphatic carbocycles. The van der Waals surface area contributed by atoms with Crippen molar-refractivity contribution < 1.29 is 9.53 Å². The molecule has 1 amide bonds. The molecule has 26 heavy (non-hydrogen) atoms.